The Bertz CT molecular complexity index is 422. The number of ether oxygens (including phenoxy) is 2. The molecule has 4 heteroatoms. The molecule has 1 aromatic rings. The first-order valence-corrected chi connectivity index (χ1v) is 6.64. The van der Waals surface area contributed by atoms with E-state index in [2.05, 4.69) is 29.4 Å². The molecular formula is C14H20N2O2. The number of likely N-dealkylation sites (N-methyl/N-ethyl adjacent to an activating group) is 1. The van der Waals surface area contributed by atoms with E-state index in [4.69, 9.17) is 9.47 Å². The van der Waals surface area contributed by atoms with E-state index >= 15 is 0 Å². The van der Waals surface area contributed by atoms with Crippen molar-refractivity contribution >= 4 is 0 Å². The van der Waals surface area contributed by atoms with Gasteiger partial charge in [0.15, 0.2) is 11.5 Å². The maximum atomic E-state index is 5.65. The van der Waals surface area contributed by atoms with Gasteiger partial charge in [0.1, 0.15) is 13.2 Å². The summed E-state index contributed by atoms with van der Waals surface area (Å²) in [5, 5.41) is 3.60. The van der Waals surface area contributed by atoms with Gasteiger partial charge in [-0.25, -0.2) is 0 Å². The molecule has 1 unspecified atom stereocenters. The molecule has 0 radical (unpaired) electrons. The molecule has 0 bridgehead atoms. The fraction of sp³-hybridized carbons (Fsp3) is 0.571. The zero-order valence-electron chi connectivity index (χ0n) is 10.8. The number of fused-ring (bicyclic) bond motifs is 1. The lowest BCUT2D eigenvalue weighted by atomic mass is 10.1. The van der Waals surface area contributed by atoms with Gasteiger partial charge >= 0.3 is 0 Å². The normalized spacial score (nSPS) is 24.6. The van der Waals surface area contributed by atoms with E-state index in [1.165, 1.54) is 12.0 Å². The second-order valence-electron chi connectivity index (χ2n) is 5.03. The molecule has 2 heterocycles. The van der Waals surface area contributed by atoms with Crippen LogP contribution in [0.2, 0.25) is 0 Å². The first-order valence-electron chi connectivity index (χ1n) is 6.64. The highest BCUT2D eigenvalue weighted by molar-refractivity contribution is 5.44. The van der Waals surface area contributed by atoms with Crippen LogP contribution in [0, 0.1) is 0 Å². The fourth-order valence-corrected chi connectivity index (χ4v) is 2.59. The van der Waals surface area contributed by atoms with E-state index in [1.807, 2.05) is 6.07 Å². The summed E-state index contributed by atoms with van der Waals surface area (Å²) >= 11 is 0. The van der Waals surface area contributed by atoms with E-state index < -0.39 is 0 Å². The summed E-state index contributed by atoms with van der Waals surface area (Å²) in [5.41, 5.74) is 1.29. The number of rotatable bonds is 1. The smallest absolute Gasteiger partial charge is 0.161 e. The predicted octanol–water partition coefficient (Wildman–Crippen LogP) is 1.42. The average Bonchev–Trinajstić information content (AvgIpc) is 2.63. The standard InChI is InChI=1S/C14H20N2O2/c1-16-6-2-5-15-12(10-16)11-3-4-13-14(9-11)18-8-7-17-13/h3-4,9,12,15H,2,5-8,10H2,1H3. The van der Waals surface area contributed by atoms with E-state index in [0.29, 0.717) is 19.3 Å². The Balaban J connectivity index is 1.82. The average molecular weight is 248 g/mol. The van der Waals surface area contributed by atoms with Gasteiger partial charge in [0, 0.05) is 12.6 Å². The number of hydrogen-bond donors (Lipinski definition) is 1. The molecule has 1 atom stereocenters. The van der Waals surface area contributed by atoms with Gasteiger partial charge in [-0.1, -0.05) is 6.07 Å². The van der Waals surface area contributed by atoms with E-state index in [0.717, 1.165) is 31.1 Å². The first kappa shape index (κ1) is 11.8. The third-order valence-electron chi connectivity index (χ3n) is 3.57. The summed E-state index contributed by atoms with van der Waals surface area (Å²) in [6.07, 6.45) is 1.21. The van der Waals surface area contributed by atoms with Crippen LogP contribution in [0.1, 0.15) is 18.0 Å². The third-order valence-corrected chi connectivity index (χ3v) is 3.57. The zero-order chi connectivity index (χ0) is 12.4. The van der Waals surface area contributed by atoms with Crippen LogP contribution in [0.4, 0.5) is 0 Å². The van der Waals surface area contributed by atoms with Gasteiger partial charge in [-0.05, 0) is 44.3 Å². The maximum absolute atomic E-state index is 5.65. The van der Waals surface area contributed by atoms with Crippen molar-refractivity contribution in [3.63, 3.8) is 0 Å². The van der Waals surface area contributed by atoms with Gasteiger partial charge in [-0.2, -0.15) is 0 Å². The molecule has 2 aliphatic heterocycles. The van der Waals surface area contributed by atoms with Gasteiger partial charge in [0.05, 0.1) is 0 Å². The Kier molecular flexibility index (Phi) is 3.39. The van der Waals surface area contributed by atoms with Crippen molar-refractivity contribution in [2.24, 2.45) is 0 Å². The van der Waals surface area contributed by atoms with Gasteiger partial charge in [0.2, 0.25) is 0 Å². The largest absolute Gasteiger partial charge is 0.486 e. The summed E-state index contributed by atoms with van der Waals surface area (Å²) in [4.78, 5) is 2.38. The monoisotopic (exact) mass is 248 g/mol. The molecule has 0 spiro atoms. The molecular weight excluding hydrogens is 228 g/mol. The SMILES string of the molecule is CN1CCCNC(c2ccc3c(c2)OCCO3)C1. The second-order valence-corrected chi connectivity index (χ2v) is 5.03. The van der Waals surface area contributed by atoms with Crippen LogP contribution >= 0.6 is 0 Å². The molecule has 0 aliphatic carbocycles. The summed E-state index contributed by atoms with van der Waals surface area (Å²) in [7, 11) is 2.18. The molecule has 1 saturated heterocycles. The first-order chi connectivity index (χ1) is 8.83. The van der Waals surface area contributed by atoms with Crippen molar-refractivity contribution in [3.05, 3.63) is 23.8 Å². The lowest BCUT2D eigenvalue weighted by molar-refractivity contribution is 0.171. The summed E-state index contributed by atoms with van der Waals surface area (Å²) in [6.45, 7) is 4.57. The van der Waals surface area contributed by atoms with Crippen LogP contribution in [0.3, 0.4) is 0 Å². The topological polar surface area (TPSA) is 33.7 Å². The summed E-state index contributed by atoms with van der Waals surface area (Å²) in [6, 6.07) is 6.67. The van der Waals surface area contributed by atoms with Crippen molar-refractivity contribution in [2.75, 3.05) is 39.9 Å². The van der Waals surface area contributed by atoms with Crippen molar-refractivity contribution in [3.8, 4) is 11.5 Å². The van der Waals surface area contributed by atoms with Crippen molar-refractivity contribution in [1.29, 1.82) is 0 Å². The lowest BCUT2D eigenvalue weighted by Crippen LogP contribution is -2.29. The molecule has 1 fully saturated rings. The minimum absolute atomic E-state index is 0.383. The molecule has 18 heavy (non-hydrogen) atoms. The molecule has 98 valence electrons. The van der Waals surface area contributed by atoms with Crippen LogP contribution in [-0.4, -0.2) is 44.8 Å². The van der Waals surface area contributed by atoms with Crippen molar-refractivity contribution in [2.45, 2.75) is 12.5 Å². The number of nitrogens with zero attached hydrogens (tertiary/aromatic N) is 1. The predicted molar refractivity (Wildman–Crippen MR) is 70.3 cm³/mol. The molecule has 0 aromatic heterocycles. The highest BCUT2D eigenvalue weighted by Gasteiger charge is 2.19. The molecule has 0 amide bonds. The van der Waals surface area contributed by atoms with E-state index in [1.54, 1.807) is 0 Å². The number of benzene rings is 1. The minimum atomic E-state index is 0.383. The van der Waals surface area contributed by atoms with Gasteiger partial charge in [-0.3, -0.25) is 0 Å². The number of hydrogen-bond acceptors (Lipinski definition) is 4. The van der Waals surface area contributed by atoms with E-state index in [-0.39, 0.29) is 0 Å². The van der Waals surface area contributed by atoms with Gasteiger partial charge in [0.25, 0.3) is 0 Å². The zero-order valence-corrected chi connectivity index (χ0v) is 10.8. The van der Waals surface area contributed by atoms with Crippen LogP contribution in [0.25, 0.3) is 0 Å². The molecule has 0 saturated carbocycles. The number of nitrogens with one attached hydrogen (secondary N) is 1. The van der Waals surface area contributed by atoms with Gasteiger partial charge < -0.3 is 19.7 Å². The Morgan fingerprint density at radius 2 is 2.06 bits per heavy atom. The molecule has 4 nitrogen and oxygen atoms in total. The minimum Gasteiger partial charge on any atom is -0.486 e. The Labute approximate surface area is 108 Å². The highest BCUT2D eigenvalue weighted by atomic mass is 16.6. The van der Waals surface area contributed by atoms with Crippen LogP contribution in [-0.2, 0) is 0 Å². The Hall–Kier alpha value is -1.26. The lowest BCUT2D eigenvalue weighted by Gasteiger charge is -2.23. The third kappa shape index (κ3) is 2.44. The Morgan fingerprint density at radius 3 is 2.94 bits per heavy atom. The summed E-state index contributed by atoms with van der Waals surface area (Å²) < 4.78 is 11.2. The highest BCUT2D eigenvalue weighted by Crippen LogP contribution is 2.33. The second kappa shape index (κ2) is 5.16. The molecule has 1 aromatic carbocycles. The summed E-state index contributed by atoms with van der Waals surface area (Å²) in [5.74, 6) is 1.75. The van der Waals surface area contributed by atoms with Crippen LogP contribution in [0.15, 0.2) is 18.2 Å². The Morgan fingerprint density at radius 1 is 1.22 bits per heavy atom. The van der Waals surface area contributed by atoms with Crippen LogP contribution < -0.4 is 14.8 Å². The van der Waals surface area contributed by atoms with Crippen molar-refractivity contribution < 1.29 is 9.47 Å². The van der Waals surface area contributed by atoms with Crippen LogP contribution in [0.5, 0.6) is 11.5 Å². The van der Waals surface area contributed by atoms with Gasteiger partial charge in [-0.15, -0.1) is 0 Å². The van der Waals surface area contributed by atoms with E-state index in [9.17, 15) is 0 Å². The fourth-order valence-electron chi connectivity index (χ4n) is 2.59. The molecule has 3 rings (SSSR count). The molecule has 2 aliphatic rings. The molecule has 1 N–H and O–H groups in total. The quantitative estimate of drug-likeness (QED) is 0.815. The van der Waals surface area contributed by atoms with Crippen molar-refractivity contribution in [1.82, 2.24) is 10.2 Å². The maximum Gasteiger partial charge on any atom is 0.161 e.